The van der Waals surface area contributed by atoms with Crippen LogP contribution in [0.3, 0.4) is 0 Å². The van der Waals surface area contributed by atoms with E-state index in [1.54, 1.807) is 0 Å². The van der Waals surface area contributed by atoms with Crippen molar-refractivity contribution in [2.75, 3.05) is 13.1 Å². The summed E-state index contributed by atoms with van der Waals surface area (Å²) < 4.78 is 2.03. The molecule has 0 aromatic carbocycles. The van der Waals surface area contributed by atoms with E-state index in [4.69, 9.17) is 5.26 Å². The molecule has 0 bridgehead atoms. The molecule has 1 aliphatic heterocycles. The Kier molecular flexibility index (Phi) is 4.57. The minimum atomic E-state index is 0.636. The van der Waals surface area contributed by atoms with Gasteiger partial charge in [0.1, 0.15) is 0 Å². The molecule has 1 fully saturated rings. The summed E-state index contributed by atoms with van der Waals surface area (Å²) in [6, 6.07) is 4.82. The molecular weight excluding hydrogens is 212 g/mol. The maximum Gasteiger partial charge on any atom is 0.0621 e. The highest BCUT2D eigenvalue weighted by Crippen LogP contribution is 2.19. The summed E-state index contributed by atoms with van der Waals surface area (Å²) in [5.41, 5.74) is 0. The molecule has 0 saturated carbocycles. The van der Waals surface area contributed by atoms with Crippen molar-refractivity contribution in [2.24, 2.45) is 0 Å². The first-order valence-corrected chi connectivity index (χ1v) is 6.48. The molecule has 1 saturated heterocycles. The van der Waals surface area contributed by atoms with Crippen molar-refractivity contribution in [3.63, 3.8) is 0 Å². The molecule has 0 unspecified atom stereocenters. The van der Waals surface area contributed by atoms with E-state index in [1.807, 2.05) is 23.1 Å². The van der Waals surface area contributed by atoms with Crippen molar-refractivity contribution < 1.29 is 0 Å². The number of nitriles is 1. The lowest BCUT2D eigenvalue weighted by atomic mass is 10.2. The first kappa shape index (κ1) is 12.1. The van der Waals surface area contributed by atoms with Crippen LogP contribution in [-0.4, -0.2) is 33.8 Å². The highest BCUT2D eigenvalue weighted by molar-refractivity contribution is 4.83. The lowest BCUT2D eigenvalue weighted by molar-refractivity contribution is 0.223. The molecule has 0 N–H and O–H groups in total. The summed E-state index contributed by atoms with van der Waals surface area (Å²) in [5, 5.41) is 12.8. The van der Waals surface area contributed by atoms with Crippen molar-refractivity contribution in [1.29, 1.82) is 5.26 Å². The van der Waals surface area contributed by atoms with Crippen LogP contribution < -0.4 is 0 Å². The number of hydrogen-bond acceptors (Lipinski definition) is 3. The zero-order chi connectivity index (χ0) is 11.9. The zero-order valence-corrected chi connectivity index (χ0v) is 10.3. The molecule has 0 radical (unpaired) electrons. The molecule has 92 valence electrons. The van der Waals surface area contributed by atoms with Crippen LogP contribution >= 0.6 is 0 Å². The third-order valence-corrected chi connectivity index (χ3v) is 3.44. The summed E-state index contributed by atoms with van der Waals surface area (Å²) in [6.45, 7) is 3.34. The predicted octanol–water partition coefficient (Wildman–Crippen LogP) is 2.04. The average Bonchev–Trinajstić information content (AvgIpc) is 2.97. The lowest BCUT2D eigenvalue weighted by Gasteiger charge is -2.24. The van der Waals surface area contributed by atoms with Crippen LogP contribution in [0, 0.1) is 11.3 Å². The van der Waals surface area contributed by atoms with Crippen LogP contribution in [0.1, 0.15) is 32.1 Å². The molecule has 2 rings (SSSR count). The second kappa shape index (κ2) is 6.41. The van der Waals surface area contributed by atoms with Crippen LogP contribution in [0.2, 0.25) is 0 Å². The number of rotatable bonds is 6. The SMILES string of the molecule is N#CCCCCN1CCC[C@@H]1Cn1cccn1. The first-order valence-electron chi connectivity index (χ1n) is 6.48. The Morgan fingerprint density at radius 1 is 1.41 bits per heavy atom. The van der Waals surface area contributed by atoms with Gasteiger partial charge in [0.05, 0.1) is 12.6 Å². The lowest BCUT2D eigenvalue weighted by Crippen LogP contribution is -2.33. The van der Waals surface area contributed by atoms with E-state index in [2.05, 4.69) is 16.1 Å². The van der Waals surface area contributed by atoms with E-state index in [0.717, 1.165) is 25.9 Å². The summed E-state index contributed by atoms with van der Waals surface area (Å²) in [5.74, 6) is 0. The minimum Gasteiger partial charge on any atom is -0.299 e. The minimum absolute atomic E-state index is 0.636. The fourth-order valence-corrected chi connectivity index (χ4v) is 2.54. The van der Waals surface area contributed by atoms with Gasteiger partial charge in [-0.15, -0.1) is 0 Å². The van der Waals surface area contributed by atoms with Gasteiger partial charge in [-0.1, -0.05) is 0 Å². The van der Waals surface area contributed by atoms with Crippen molar-refractivity contribution >= 4 is 0 Å². The molecule has 1 aliphatic rings. The van der Waals surface area contributed by atoms with E-state index in [0.29, 0.717) is 12.5 Å². The molecule has 1 aromatic heterocycles. The van der Waals surface area contributed by atoms with Gasteiger partial charge >= 0.3 is 0 Å². The number of hydrogen-bond donors (Lipinski definition) is 0. The van der Waals surface area contributed by atoms with Gasteiger partial charge in [0.25, 0.3) is 0 Å². The number of likely N-dealkylation sites (tertiary alicyclic amines) is 1. The monoisotopic (exact) mass is 232 g/mol. The molecule has 0 spiro atoms. The predicted molar refractivity (Wildman–Crippen MR) is 66.3 cm³/mol. The molecule has 4 heteroatoms. The number of nitrogens with zero attached hydrogens (tertiary/aromatic N) is 4. The van der Waals surface area contributed by atoms with E-state index in [1.165, 1.54) is 19.4 Å². The van der Waals surface area contributed by atoms with Gasteiger partial charge in [-0.05, 0) is 44.8 Å². The summed E-state index contributed by atoms with van der Waals surface area (Å²) in [7, 11) is 0. The molecule has 2 heterocycles. The summed E-state index contributed by atoms with van der Waals surface area (Å²) >= 11 is 0. The smallest absolute Gasteiger partial charge is 0.0621 e. The standard InChI is InChI=1S/C13H20N4/c14-7-2-1-3-9-16-10-4-6-13(16)12-17-11-5-8-15-17/h5,8,11,13H,1-4,6,9-10,12H2/t13-/m1/s1. The highest BCUT2D eigenvalue weighted by Gasteiger charge is 2.24. The van der Waals surface area contributed by atoms with E-state index in [9.17, 15) is 0 Å². The zero-order valence-electron chi connectivity index (χ0n) is 10.3. The van der Waals surface area contributed by atoms with Crippen molar-refractivity contribution in [2.45, 2.75) is 44.7 Å². The van der Waals surface area contributed by atoms with E-state index in [-0.39, 0.29) is 0 Å². The van der Waals surface area contributed by atoms with Gasteiger partial charge in [-0.25, -0.2) is 0 Å². The summed E-state index contributed by atoms with van der Waals surface area (Å²) in [4.78, 5) is 2.55. The fraction of sp³-hybridized carbons (Fsp3) is 0.692. The van der Waals surface area contributed by atoms with Gasteiger partial charge < -0.3 is 0 Å². The Morgan fingerprint density at radius 3 is 3.12 bits per heavy atom. The molecule has 17 heavy (non-hydrogen) atoms. The van der Waals surface area contributed by atoms with Crippen LogP contribution in [0.15, 0.2) is 18.5 Å². The Hall–Kier alpha value is -1.34. The van der Waals surface area contributed by atoms with Gasteiger partial charge in [0, 0.05) is 24.9 Å². The quantitative estimate of drug-likeness (QED) is 0.705. The van der Waals surface area contributed by atoms with Crippen molar-refractivity contribution in [3.05, 3.63) is 18.5 Å². The Labute approximate surface area is 103 Å². The number of aromatic nitrogens is 2. The fourth-order valence-electron chi connectivity index (χ4n) is 2.54. The summed E-state index contributed by atoms with van der Waals surface area (Å²) in [6.07, 6.45) is 9.31. The van der Waals surface area contributed by atoms with Crippen molar-refractivity contribution in [1.82, 2.24) is 14.7 Å². The molecule has 1 aromatic rings. The maximum absolute atomic E-state index is 8.51. The highest BCUT2D eigenvalue weighted by atomic mass is 15.3. The molecule has 0 aliphatic carbocycles. The Bertz CT molecular complexity index is 352. The molecule has 1 atom stereocenters. The van der Waals surface area contributed by atoms with Gasteiger partial charge in [-0.3, -0.25) is 9.58 Å². The number of unbranched alkanes of at least 4 members (excludes halogenated alkanes) is 2. The normalized spacial score (nSPS) is 20.5. The van der Waals surface area contributed by atoms with E-state index < -0.39 is 0 Å². The Morgan fingerprint density at radius 2 is 2.35 bits per heavy atom. The van der Waals surface area contributed by atoms with E-state index >= 15 is 0 Å². The third-order valence-electron chi connectivity index (χ3n) is 3.44. The largest absolute Gasteiger partial charge is 0.299 e. The Balaban J connectivity index is 1.75. The first-order chi connectivity index (χ1) is 8.40. The van der Waals surface area contributed by atoms with Crippen LogP contribution in [0.5, 0.6) is 0 Å². The van der Waals surface area contributed by atoms with Crippen molar-refractivity contribution in [3.8, 4) is 6.07 Å². The topological polar surface area (TPSA) is 44.9 Å². The van der Waals surface area contributed by atoms with Gasteiger partial charge in [-0.2, -0.15) is 10.4 Å². The van der Waals surface area contributed by atoms with Crippen LogP contribution in [-0.2, 0) is 6.54 Å². The van der Waals surface area contributed by atoms with Gasteiger partial charge in [0.2, 0.25) is 0 Å². The molecular formula is C13H20N4. The molecule has 0 amide bonds. The third kappa shape index (κ3) is 3.57. The average molecular weight is 232 g/mol. The van der Waals surface area contributed by atoms with Crippen LogP contribution in [0.25, 0.3) is 0 Å². The second-order valence-electron chi connectivity index (χ2n) is 4.68. The molecule has 4 nitrogen and oxygen atoms in total. The van der Waals surface area contributed by atoms with Crippen LogP contribution in [0.4, 0.5) is 0 Å². The maximum atomic E-state index is 8.51. The second-order valence-corrected chi connectivity index (χ2v) is 4.68. The van der Waals surface area contributed by atoms with Gasteiger partial charge in [0.15, 0.2) is 0 Å².